The van der Waals surface area contributed by atoms with Crippen molar-refractivity contribution in [1.29, 1.82) is 0 Å². The monoisotopic (exact) mass is 439 g/mol. The van der Waals surface area contributed by atoms with Crippen molar-refractivity contribution >= 4 is 23.4 Å². The van der Waals surface area contributed by atoms with Gasteiger partial charge in [0.2, 0.25) is 5.95 Å². The van der Waals surface area contributed by atoms with Crippen molar-refractivity contribution in [2.24, 2.45) is 0 Å². The number of aromatic nitrogens is 4. The number of carbonyl (C=O) groups is 1. The molecule has 170 valence electrons. The minimum atomic E-state index is -1.11. The first-order valence-corrected chi connectivity index (χ1v) is 10.9. The van der Waals surface area contributed by atoms with E-state index in [1.165, 1.54) is 0 Å². The second-order valence-corrected chi connectivity index (χ2v) is 8.29. The third-order valence-electron chi connectivity index (χ3n) is 5.54. The van der Waals surface area contributed by atoms with E-state index >= 15 is 0 Å². The molecule has 0 spiro atoms. The van der Waals surface area contributed by atoms with E-state index in [9.17, 15) is 4.79 Å². The Bertz CT molecular complexity index is 1090. The van der Waals surface area contributed by atoms with Crippen LogP contribution in [0.2, 0.25) is 0 Å². The lowest BCUT2D eigenvalue weighted by Crippen LogP contribution is -2.37. The highest BCUT2D eigenvalue weighted by Gasteiger charge is 2.21. The van der Waals surface area contributed by atoms with Gasteiger partial charge in [0.15, 0.2) is 5.65 Å². The van der Waals surface area contributed by atoms with Crippen LogP contribution in [0.5, 0.6) is 6.01 Å². The van der Waals surface area contributed by atoms with Gasteiger partial charge in [0.1, 0.15) is 6.10 Å². The van der Waals surface area contributed by atoms with E-state index in [1.54, 1.807) is 22.8 Å². The van der Waals surface area contributed by atoms with Crippen molar-refractivity contribution in [1.82, 2.24) is 24.9 Å². The quantitative estimate of drug-likeness (QED) is 0.440. The minimum Gasteiger partial charge on any atom is -0.465 e. The standard InChI is InChI=1S/C22H29N7O3/c1-13(2)17-12-24-29-19(17)27-21(32-15-7-6-10-23-11-15)28-20(29)25-14(3)16-8-4-5-9-18(16)26-22(30)31/h4-5,8-9,12-15,23,26H,6-7,10-11H2,1-3H3,(H,30,31)(H,25,27,28). The summed E-state index contributed by atoms with van der Waals surface area (Å²) in [5, 5.41) is 22.8. The molecule has 4 N–H and O–H groups in total. The van der Waals surface area contributed by atoms with Crippen molar-refractivity contribution in [3.63, 3.8) is 0 Å². The first-order chi connectivity index (χ1) is 15.4. The van der Waals surface area contributed by atoms with Gasteiger partial charge in [-0.1, -0.05) is 32.0 Å². The summed E-state index contributed by atoms with van der Waals surface area (Å²) in [6.07, 6.45) is 2.70. The molecule has 3 heterocycles. The number of ether oxygens (including phenoxy) is 1. The van der Waals surface area contributed by atoms with Gasteiger partial charge < -0.3 is 20.5 Å². The molecule has 1 aliphatic rings. The molecule has 2 aromatic heterocycles. The molecule has 3 aromatic rings. The van der Waals surface area contributed by atoms with E-state index in [2.05, 4.69) is 44.9 Å². The fraction of sp³-hybridized carbons (Fsp3) is 0.455. The van der Waals surface area contributed by atoms with Gasteiger partial charge in [0, 0.05) is 17.8 Å². The van der Waals surface area contributed by atoms with Gasteiger partial charge in [-0.15, -0.1) is 0 Å². The summed E-state index contributed by atoms with van der Waals surface area (Å²) in [4.78, 5) is 20.5. The number of para-hydroxylation sites is 1. The molecule has 4 rings (SSSR count). The molecular formula is C22H29N7O3. The summed E-state index contributed by atoms with van der Waals surface area (Å²) < 4.78 is 7.79. The third kappa shape index (κ3) is 4.75. The zero-order valence-electron chi connectivity index (χ0n) is 18.5. The number of anilines is 2. The third-order valence-corrected chi connectivity index (χ3v) is 5.54. The minimum absolute atomic E-state index is 0.0161. The first-order valence-electron chi connectivity index (χ1n) is 10.9. The van der Waals surface area contributed by atoms with Gasteiger partial charge in [-0.2, -0.15) is 19.6 Å². The van der Waals surface area contributed by atoms with Crippen molar-refractivity contribution in [2.75, 3.05) is 23.7 Å². The van der Waals surface area contributed by atoms with Gasteiger partial charge in [-0.05, 0) is 43.9 Å². The maximum atomic E-state index is 11.2. The lowest BCUT2D eigenvalue weighted by molar-refractivity contribution is 0.153. The van der Waals surface area contributed by atoms with Crippen LogP contribution >= 0.6 is 0 Å². The number of benzene rings is 1. The lowest BCUT2D eigenvalue weighted by atomic mass is 10.1. The Morgan fingerprint density at radius 2 is 2.06 bits per heavy atom. The number of hydrogen-bond acceptors (Lipinski definition) is 7. The van der Waals surface area contributed by atoms with Crippen LogP contribution in [0.4, 0.5) is 16.4 Å². The summed E-state index contributed by atoms with van der Waals surface area (Å²) in [7, 11) is 0. The molecular weight excluding hydrogens is 410 g/mol. The Hall–Kier alpha value is -3.40. The predicted octanol–water partition coefficient (Wildman–Crippen LogP) is 3.64. The molecule has 2 atom stereocenters. The summed E-state index contributed by atoms with van der Waals surface area (Å²) in [5.41, 5.74) is 3.00. The second kappa shape index (κ2) is 9.39. The van der Waals surface area contributed by atoms with Gasteiger partial charge >= 0.3 is 12.1 Å². The highest BCUT2D eigenvalue weighted by atomic mass is 16.5. The Balaban J connectivity index is 1.68. The summed E-state index contributed by atoms with van der Waals surface area (Å²) in [5.74, 6) is 0.718. The highest BCUT2D eigenvalue weighted by Crippen LogP contribution is 2.28. The van der Waals surface area contributed by atoms with Gasteiger partial charge in [0.05, 0.1) is 12.2 Å². The molecule has 32 heavy (non-hydrogen) atoms. The summed E-state index contributed by atoms with van der Waals surface area (Å²) >= 11 is 0. The molecule has 1 aromatic carbocycles. The topological polar surface area (TPSA) is 126 Å². The van der Waals surface area contributed by atoms with E-state index in [-0.39, 0.29) is 18.1 Å². The Labute approximate surface area is 186 Å². The number of nitrogens with zero attached hydrogens (tertiary/aromatic N) is 4. The largest absolute Gasteiger partial charge is 0.465 e. The molecule has 0 radical (unpaired) electrons. The van der Waals surface area contributed by atoms with Crippen LogP contribution in [0.3, 0.4) is 0 Å². The molecule has 1 saturated heterocycles. The van der Waals surface area contributed by atoms with E-state index < -0.39 is 6.09 Å². The number of hydrogen-bond donors (Lipinski definition) is 4. The van der Waals surface area contributed by atoms with E-state index in [4.69, 9.17) is 9.84 Å². The average Bonchev–Trinajstić information content (AvgIpc) is 3.19. The average molecular weight is 440 g/mol. The number of rotatable bonds is 7. The number of amides is 1. The number of carboxylic acid groups (broad SMARTS) is 1. The van der Waals surface area contributed by atoms with Gasteiger partial charge in [0.25, 0.3) is 0 Å². The molecule has 10 nitrogen and oxygen atoms in total. The van der Waals surface area contributed by atoms with E-state index in [0.29, 0.717) is 23.3 Å². The maximum absolute atomic E-state index is 11.2. The second-order valence-electron chi connectivity index (χ2n) is 8.29. The smallest absolute Gasteiger partial charge is 0.409 e. The molecule has 0 bridgehead atoms. The van der Waals surface area contributed by atoms with Crippen molar-refractivity contribution in [3.05, 3.63) is 41.6 Å². The molecule has 0 aliphatic carbocycles. The van der Waals surface area contributed by atoms with Crippen LogP contribution in [0.25, 0.3) is 5.65 Å². The number of nitrogens with one attached hydrogen (secondary N) is 3. The normalized spacial score (nSPS) is 17.3. The Morgan fingerprint density at radius 3 is 2.78 bits per heavy atom. The van der Waals surface area contributed by atoms with Gasteiger partial charge in [-0.3, -0.25) is 5.32 Å². The molecule has 0 saturated carbocycles. The van der Waals surface area contributed by atoms with Gasteiger partial charge in [-0.25, -0.2) is 4.79 Å². The van der Waals surface area contributed by atoms with Crippen molar-refractivity contribution in [2.45, 2.75) is 51.7 Å². The zero-order valence-corrected chi connectivity index (χ0v) is 18.5. The van der Waals surface area contributed by atoms with Crippen LogP contribution in [0.1, 0.15) is 56.7 Å². The van der Waals surface area contributed by atoms with Crippen molar-refractivity contribution in [3.8, 4) is 6.01 Å². The van der Waals surface area contributed by atoms with Crippen molar-refractivity contribution < 1.29 is 14.6 Å². The fourth-order valence-electron chi connectivity index (χ4n) is 3.87. The van der Waals surface area contributed by atoms with Crippen LogP contribution in [-0.2, 0) is 0 Å². The zero-order chi connectivity index (χ0) is 22.7. The predicted molar refractivity (Wildman–Crippen MR) is 122 cm³/mol. The molecule has 1 amide bonds. The van der Waals surface area contributed by atoms with E-state index in [1.807, 2.05) is 19.1 Å². The van der Waals surface area contributed by atoms with Crippen LogP contribution in [-0.4, -0.2) is 50.0 Å². The van der Waals surface area contributed by atoms with Crippen LogP contribution in [0, 0.1) is 0 Å². The summed E-state index contributed by atoms with van der Waals surface area (Å²) in [6, 6.07) is 7.30. The fourth-order valence-corrected chi connectivity index (χ4v) is 3.87. The van der Waals surface area contributed by atoms with E-state index in [0.717, 1.165) is 37.1 Å². The highest BCUT2D eigenvalue weighted by molar-refractivity contribution is 5.84. The first kappa shape index (κ1) is 21.8. The molecule has 1 fully saturated rings. The maximum Gasteiger partial charge on any atom is 0.409 e. The Morgan fingerprint density at radius 1 is 1.25 bits per heavy atom. The number of piperidine rings is 1. The lowest BCUT2D eigenvalue weighted by Gasteiger charge is -2.23. The van der Waals surface area contributed by atoms with Crippen LogP contribution < -0.4 is 20.7 Å². The molecule has 10 heteroatoms. The SMILES string of the molecule is CC(C)c1cnn2c(NC(C)c3ccccc3NC(=O)O)nc(OC3CCCNC3)nc12. The Kier molecular flexibility index (Phi) is 6.40. The van der Waals surface area contributed by atoms with Crippen LogP contribution in [0.15, 0.2) is 30.5 Å². The molecule has 2 unspecified atom stereocenters. The number of fused-ring (bicyclic) bond motifs is 1. The molecule has 1 aliphatic heterocycles. The summed E-state index contributed by atoms with van der Waals surface area (Å²) in [6.45, 7) is 7.88.